The summed E-state index contributed by atoms with van der Waals surface area (Å²) in [6, 6.07) is 3.10. The lowest BCUT2D eigenvalue weighted by Crippen LogP contribution is -2.48. The number of halogens is 2. The molecule has 0 aromatic heterocycles. The highest BCUT2D eigenvalue weighted by molar-refractivity contribution is 5.50. The molecule has 0 radical (unpaired) electrons. The number of benzene rings is 1. The summed E-state index contributed by atoms with van der Waals surface area (Å²) in [6.45, 7) is 8.46. The van der Waals surface area contributed by atoms with E-state index in [1.165, 1.54) is 12.1 Å². The number of aryl methyl sites for hydroxylation is 1. The van der Waals surface area contributed by atoms with Crippen LogP contribution in [0.3, 0.4) is 0 Å². The smallest absolute Gasteiger partial charge is 0.146 e. The van der Waals surface area contributed by atoms with Crippen molar-refractivity contribution >= 4 is 5.69 Å². The first-order valence-corrected chi connectivity index (χ1v) is 7.47. The topological polar surface area (TPSA) is 15.3 Å². The van der Waals surface area contributed by atoms with Crippen LogP contribution < -0.4 is 10.2 Å². The third-order valence-corrected chi connectivity index (χ3v) is 4.13. The molecule has 1 saturated heterocycles. The molecule has 1 fully saturated rings. The van der Waals surface area contributed by atoms with Gasteiger partial charge in [-0.2, -0.15) is 0 Å². The van der Waals surface area contributed by atoms with Crippen molar-refractivity contribution in [3.05, 3.63) is 29.3 Å². The van der Waals surface area contributed by atoms with Crippen molar-refractivity contribution in [2.75, 3.05) is 24.5 Å². The van der Waals surface area contributed by atoms with Crippen molar-refractivity contribution in [2.24, 2.45) is 5.92 Å². The largest absolute Gasteiger partial charge is 0.369 e. The fraction of sp³-hybridized carbons (Fsp3) is 0.625. The number of rotatable bonds is 4. The molecule has 0 spiro atoms. The highest BCUT2D eigenvalue weighted by Crippen LogP contribution is 2.27. The minimum atomic E-state index is -0.333. The van der Waals surface area contributed by atoms with Crippen LogP contribution in [-0.2, 0) is 0 Å². The van der Waals surface area contributed by atoms with E-state index in [0.717, 1.165) is 32.5 Å². The Labute approximate surface area is 120 Å². The third-order valence-electron chi connectivity index (χ3n) is 4.13. The molecule has 2 atom stereocenters. The number of nitrogens with zero attached hydrogens (tertiary/aromatic N) is 1. The molecule has 20 heavy (non-hydrogen) atoms. The summed E-state index contributed by atoms with van der Waals surface area (Å²) in [5, 5.41) is 3.53. The zero-order valence-electron chi connectivity index (χ0n) is 12.5. The number of hydrogen-bond acceptors (Lipinski definition) is 2. The Morgan fingerprint density at radius 2 is 2.05 bits per heavy atom. The van der Waals surface area contributed by atoms with Gasteiger partial charge in [0.05, 0.1) is 5.69 Å². The minimum absolute atomic E-state index is 0.323. The van der Waals surface area contributed by atoms with E-state index in [1.807, 2.05) is 4.90 Å². The molecule has 1 N–H and O–H groups in total. The monoisotopic (exact) mass is 282 g/mol. The lowest BCUT2D eigenvalue weighted by atomic mass is 9.93. The summed E-state index contributed by atoms with van der Waals surface area (Å²) in [6.07, 6.45) is 2.08. The van der Waals surface area contributed by atoms with E-state index in [-0.39, 0.29) is 11.6 Å². The summed E-state index contributed by atoms with van der Waals surface area (Å²) in [5.74, 6) is -0.226. The first kappa shape index (κ1) is 15.2. The molecule has 0 saturated carbocycles. The van der Waals surface area contributed by atoms with Gasteiger partial charge in [-0.05, 0) is 43.9 Å². The molecule has 1 aliphatic heterocycles. The van der Waals surface area contributed by atoms with Crippen LogP contribution in [0.1, 0.15) is 32.3 Å². The van der Waals surface area contributed by atoms with Crippen molar-refractivity contribution in [1.29, 1.82) is 0 Å². The predicted molar refractivity (Wildman–Crippen MR) is 79.2 cm³/mol. The lowest BCUT2D eigenvalue weighted by molar-refractivity contribution is 0.321. The second kappa shape index (κ2) is 6.53. The molecule has 2 unspecified atom stereocenters. The maximum Gasteiger partial charge on any atom is 0.146 e. The van der Waals surface area contributed by atoms with Crippen molar-refractivity contribution in [2.45, 2.75) is 39.7 Å². The van der Waals surface area contributed by atoms with Crippen molar-refractivity contribution in [3.63, 3.8) is 0 Å². The number of anilines is 1. The molecule has 112 valence electrons. The van der Waals surface area contributed by atoms with E-state index in [1.54, 1.807) is 6.92 Å². The quantitative estimate of drug-likeness (QED) is 0.909. The molecule has 1 heterocycles. The van der Waals surface area contributed by atoms with E-state index in [4.69, 9.17) is 0 Å². The van der Waals surface area contributed by atoms with Crippen LogP contribution in [0.25, 0.3) is 0 Å². The van der Waals surface area contributed by atoms with Gasteiger partial charge < -0.3 is 10.2 Å². The van der Waals surface area contributed by atoms with Gasteiger partial charge in [-0.3, -0.25) is 0 Å². The van der Waals surface area contributed by atoms with Gasteiger partial charge in [-0.25, -0.2) is 8.78 Å². The molecule has 2 rings (SSSR count). The molecule has 2 nitrogen and oxygen atoms in total. The molecule has 0 aliphatic carbocycles. The molecule has 4 heteroatoms. The van der Waals surface area contributed by atoms with E-state index >= 15 is 0 Å². The fourth-order valence-corrected chi connectivity index (χ4v) is 2.88. The fourth-order valence-electron chi connectivity index (χ4n) is 2.88. The molecule has 0 amide bonds. The Balaban J connectivity index is 2.07. The summed E-state index contributed by atoms with van der Waals surface area (Å²) < 4.78 is 27.7. The van der Waals surface area contributed by atoms with E-state index in [0.29, 0.717) is 23.2 Å². The first-order chi connectivity index (χ1) is 9.52. The Bertz CT molecular complexity index is 462. The molecule has 1 aromatic carbocycles. The van der Waals surface area contributed by atoms with Gasteiger partial charge in [0.1, 0.15) is 11.6 Å². The standard InChI is InChI=1S/C16H24F2N2/c1-4-6-19-15-5-7-20(10-12(15)3)16-9-13(17)11(2)8-14(16)18/h8-9,12,15,19H,4-7,10H2,1-3H3. The van der Waals surface area contributed by atoms with Crippen LogP contribution in [0.2, 0.25) is 0 Å². The highest BCUT2D eigenvalue weighted by Gasteiger charge is 2.27. The molecule has 0 bridgehead atoms. The van der Waals surface area contributed by atoms with Crippen molar-refractivity contribution in [3.8, 4) is 0 Å². The highest BCUT2D eigenvalue weighted by atomic mass is 19.1. The van der Waals surface area contributed by atoms with Gasteiger partial charge in [0.15, 0.2) is 0 Å². The Morgan fingerprint density at radius 1 is 1.30 bits per heavy atom. The third kappa shape index (κ3) is 3.29. The van der Waals surface area contributed by atoms with Gasteiger partial charge >= 0.3 is 0 Å². The molecular formula is C16H24F2N2. The van der Waals surface area contributed by atoms with Gasteiger partial charge in [0.25, 0.3) is 0 Å². The van der Waals surface area contributed by atoms with Crippen LogP contribution in [0.5, 0.6) is 0 Å². The van der Waals surface area contributed by atoms with E-state index < -0.39 is 0 Å². The summed E-state index contributed by atoms with van der Waals surface area (Å²) in [4.78, 5) is 1.96. The molecule has 1 aromatic rings. The second-order valence-electron chi connectivity index (χ2n) is 5.83. The van der Waals surface area contributed by atoms with Gasteiger partial charge in [-0.15, -0.1) is 0 Å². The minimum Gasteiger partial charge on any atom is -0.369 e. The van der Waals surface area contributed by atoms with Gasteiger partial charge in [-0.1, -0.05) is 13.8 Å². The Morgan fingerprint density at radius 3 is 2.70 bits per heavy atom. The van der Waals surface area contributed by atoms with E-state index in [9.17, 15) is 8.78 Å². The summed E-state index contributed by atoms with van der Waals surface area (Å²) in [7, 11) is 0. The van der Waals surface area contributed by atoms with Crippen LogP contribution in [0, 0.1) is 24.5 Å². The zero-order valence-corrected chi connectivity index (χ0v) is 12.5. The Hall–Kier alpha value is -1.16. The van der Waals surface area contributed by atoms with E-state index in [2.05, 4.69) is 19.2 Å². The predicted octanol–water partition coefficient (Wildman–Crippen LogP) is 3.49. The van der Waals surface area contributed by atoms with Crippen LogP contribution in [-0.4, -0.2) is 25.7 Å². The first-order valence-electron chi connectivity index (χ1n) is 7.47. The molecular weight excluding hydrogens is 258 g/mol. The summed E-state index contributed by atoms with van der Waals surface area (Å²) >= 11 is 0. The van der Waals surface area contributed by atoms with Crippen LogP contribution in [0.4, 0.5) is 14.5 Å². The van der Waals surface area contributed by atoms with Crippen molar-refractivity contribution < 1.29 is 8.78 Å². The Kier molecular flexibility index (Phi) is 4.97. The number of piperidine rings is 1. The van der Waals surface area contributed by atoms with Gasteiger partial charge in [0, 0.05) is 25.2 Å². The maximum atomic E-state index is 14.0. The summed E-state index contributed by atoms with van der Waals surface area (Å²) in [5.41, 5.74) is 0.757. The number of hydrogen-bond donors (Lipinski definition) is 1. The average molecular weight is 282 g/mol. The van der Waals surface area contributed by atoms with Gasteiger partial charge in [0.2, 0.25) is 0 Å². The average Bonchev–Trinajstić information content (AvgIpc) is 2.41. The second-order valence-corrected chi connectivity index (χ2v) is 5.83. The van der Waals surface area contributed by atoms with Crippen molar-refractivity contribution in [1.82, 2.24) is 5.32 Å². The zero-order chi connectivity index (χ0) is 14.7. The van der Waals surface area contributed by atoms with Crippen LogP contribution >= 0.6 is 0 Å². The SMILES string of the molecule is CCCNC1CCN(c2cc(F)c(C)cc2F)CC1C. The number of nitrogens with one attached hydrogen (secondary N) is 1. The molecule has 1 aliphatic rings. The lowest BCUT2D eigenvalue weighted by Gasteiger charge is -2.39. The normalized spacial score (nSPS) is 23.1. The van der Waals surface area contributed by atoms with Crippen LogP contribution in [0.15, 0.2) is 12.1 Å². The maximum absolute atomic E-state index is 14.0.